The molecule has 1 saturated heterocycles. The first-order valence-corrected chi connectivity index (χ1v) is 12.0. The molecule has 0 spiro atoms. The van der Waals surface area contributed by atoms with Crippen LogP contribution in [0.2, 0.25) is 0 Å². The van der Waals surface area contributed by atoms with Crippen molar-refractivity contribution >= 4 is 17.4 Å². The minimum Gasteiger partial charge on any atom is -0.507 e. The molecule has 1 amide bonds. The molecular formula is C28H35NO6. The van der Waals surface area contributed by atoms with Crippen molar-refractivity contribution < 1.29 is 29.3 Å². The van der Waals surface area contributed by atoms with Crippen LogP contribution in [0.4, 0.5) is 0 Å². The Morgan fingerprint density at radius 3 is 2.31 bits per heavy atom. The molecule has 1 atom stereocenters. The fourth-order valence-electron chi connectivity index (χ4n) is 4.59. The number of aromatic hydroxyl groups is 1. The number of Topliss-reactive ketones (excluding diaryl/α,β-unsaturated/α-hetero) is 1. The number of aliphatic hydroxyl groups is 1. The molecule has 0 saturated carbocycles. The lowest BCUT2D eigenvalue weighted by atomic mass is 9.91. The predicted octanol–water partition coefficient (Wildman–Crippen LogP) is 5.45. The van der Waals surface area contributed by atoms with Crippen LogP contribution in [0.5, 0.6) is 17.2 Å². The summed E-state index contributed by atoms with van der Waals surface area (Å²) >= 11 is 0. The zero-order valence-corrected chi connectivity index (χ0v) is 21.3. The number of carbonyl (C=O) groups is 2. The fourth-order valence-corrected chi connectivity index (χ4v) is 4.59. The Morgan fingerprint density at radius 1 is 1.06 bits per heavy atom. The van der Waals surface area contributed by atoms with E-state index in [1.807, 2.05) is 32.9 Å². The molecular weight excluding hydrogens is 446 g/mol. The summed E-state index contributed by atoms with van der Waals surface area (Å²) in [6.45, 7) is 8.29. The van der Waals surface area contributed by atoms with Crippen LogP contribution in [0.15, 0.2) is 35.9 Å². The highest BCUT2D eigenvalue weighted by atomic mass is 16.5. The lowest BCUT2D eigenvalue weighted by Crippen LogP contribution is -2.30. The standard InChI is InChI=1S/C28H35NO6/c1-7-8-9-12-29-25(18-10-11-22(34-5)21(30)14-18)24(27(32)28(29)33)26(31)20-15-19(16(2)3)23(35-6)13-17(20)4/h10-11,13-16,25,30-31H,7-9,12H2,1-6H3/b26-24+. The van der Waals surface area contributed by atoms with E-state index >= 15 is 0 Å². The Kier molecular flexibility index (Phi) is 8.10. The molecule has 188 valence electrons. The number of nitrogens with zero attached hydrogens (tertiary/aromatic N) is 1. The molecule has 2 N–H and O–H groups in total. The molecule has 0 aliphatic carbocycles. The van der Waals surface area contributed by atoms with Crippen LogP contribution < -0.4 is 9.47 Å². The Labute approximate surface area is 207 Å². The van der Waals surface area contributed by atoms with Crippen molar-refractivity contribution in [1.82, 2.24) is 4.90 Å². The lowest BCUT2D eigenvalue weighted by Gasteiger charge is -2.26. The van der Waals surface area contributed by atoms with Gasteiger partial charge in [-0.3, -0.25) is 9.59 Å². The fraction of sp³-hybridized carbons (Fsp3) is 0.429. The van der Waals surface area contributed by atoms with E-state index in [0.717, 1.165) is 30.4 Å². The number of ether oxygens (including phenoxy) is 2. The van der Waals surface area contributed by atoms with Gasteiger partial charge in [0, 0.05) is 12.1 Å². The minimum absolute atomic E-state index is 0.0130. The quantitative estimate of drug-likeness (QED) is 0.214. The minimum atomic E-state index is -0.826. The number of benzene rings is 2. The number of rotatable bonds is 9. The van der Waals surface area contributed by atoms with Crippen molar-refractivity contribution in [3.8, 4) is 17.2 Å². The number of likely N-dealkylation sites (tertiary alicyclic amines) is 1. The number of hydrogen-bond donors (Lipinski definition) is 2. The van der Waals surface area contributed by atoms with Crippen LogP contribution in [0, 0.1) is 6.92 Å². The molecule has 0 radical (unpaired) electrons. The van der Waals surface area contributed by atoms with E-state index in [-0.39, 0.29) is 28.7 Å². The van der Waals surface area contributed by atoms with Gasteiger partial charge < -0.3 is 24.6 Å². The maximum absolute atomic E-state index is 13.3. The molecule has 1 heterocycles. The SMILES string of the molecule is CCCCCN1C(=O)C(=O)/C(=C(/O)c2cc(C(C)C)c(OC)cc2C)C1c1ccc(OC)c(O)c1. The second-order valence-electron chi connectivity index (χ2n) is 9.19. The second-order valence-corrected chi connectivity index (χ2v) is 9.19. The molecule has 0 aromatic heterocycles. The maximum atomic E-state index is 13.3. The Balaban J connectivity index is 2.24. The highest BCUT2D eigenvalue weighted by Gasteiger charge is 2.46. The van der Waals surface area contributed by atoms with Gasteiger partial charge in [0.15, 0.2) is 11.5 Å². The van der Waals surface area contributed by atoms with E-state index < -0.39 is 17.7 Å². The topological polar surface area (TPSA) is 96.3 Å². The summed E-state index contributed by atoms with van der Waals surface area (Å²) < 4.78 is 10.7. The molecule has 2 aromatic rings. The third kappa shape index (κ3) is 4.99. The summed E-state index contributed by atoms with van der Waals surface area (Å²) in [7, 11) is 3.04. The molecule has 7 nitrogen and oxygen atoms in total. The van der Waals surface area contributed by atoms with Gasteiger partial charge in [-0.15, -0.1) is 0 Å². The lowest BCUT2D eigenvalue weighted by molar-refractivity contribution is -0.139. The van der Waals surface area contributed by atoms with Gasteiger partial charge >= 0.3 is 0 Å². The number of phenolic OH excluding ortho intramolecular Hbond substituents is 1. The van der Waals surface area contributed by atoms with Crippen molar-refractivity contribution in [2.24, 2.45) is 0 Å². The summed E-state index contributed by atoms with van der Waals surface area (Å²) in [6.07, 6.45) is 2.58. The van der Waals surface area contributed by atoms with Crippen LogP contribution in [0.25, 0.3) is 5.76 Å². The molecule has 1 aliphatic rings. The van der Waals surface area contributed by atoms with Crippen molar-refractivity contribution in [3.05, 3.63) is 58.2 Å². The number of phenols is 1. The average Bonchev–Trinajstić information content (AvgIpc) is 3.08. The molecule has 1 unspecified atom stereocenters. The van der Waals surface area contributed by atoms with Crippen LogP contribution in [0.3, 0.4) is 0 Å². The third-order valence-corrected chi connectivity index (χ3v) is 6.52. The summed E-state index contributed by atoms with van der Waals surface area (Å²) in [6, 6.07) is 7.60. The molecule has 7 heteroatoms. The van der Waals surface area contributed by atoms with Gasteiger partial charge in [0.1, 0.15) is 11.5 Å². The van der Waals surface area contributed by atoms with Gasteiger partial charge in [-0.1, -0.05) is 39.7 Å². The van der Waals surface area contributed by atoms with Crippen molar-refractivity contribution in [1.29, 1.82) is 0 Å². The van der Waals surface area contributed by atoms with E-state index in [4.69, 9.17) is 9.47 Å². The normalized spacial score (nSPS) is 17.3. The highest BCUT2D eigenvalue weighted by molar-refractivity contribution is 6.46. The summed E-state index contributed by atoms with van der Waals surface area (Å²) in [5.41, 5.74) is 2.62. The number of ketones is 1. The van der Waals surface area contributed by atoms with E-state index in [1.54, 1.807) is 19.2 Å². The van der Waals surface area contributed by atoms with Crippen molar-refractivity contribution in [2.45, 2.75) is 58.9 Å². The molecule has 1 aliphatic heterocycles. The number of hydrogen-bond acceptors (Lipinski definition) is 6. The largest absolute Gasteiger partial charge is 0.507 e. The summed E-state index contributed by atoms with van der Waals surface area (Å²) in [5, 5.41) is 21.9. The zero-order chi connectivity index (χ0) is 25.9. The summed E-state index contributed by atoms with van der Waals surface area (Å²) in [4.78, 5) is 27.9. The van der Waals surface area contributed by atoms with E-state index in [2.05, 4.69) is 6.92 Å². The first kappa shape index (κ1) is 26.1. The first-order valence-electron chi connectivity index (χ1n) is 12.0. The predicted molar refractivity (Wildman–Crippen MR) is 135 cm³/mol. The van der Waals surface area contributed by atoms with Crippen LogP contribution >= 0.6 is 0 Å². The van der Waals surface area contributed by atoms with Crippen LogP contribution in [-0.2, 0) is 9.59 Å². The first-order chi connectivity index (χ1) is 16.7. The number of unbranched alkanes of at least 4 members (excludes halogenated alkanes) is 2. The van der Waals surface area contributed by atoms with Crippen LogP contribution in [0.1, 0.15) is 74.2 Å². The van der Waals surface area contributed by atoms with E-state index in [9.17, 15) is 19.8 Å². The maximum Gasteiger partial charge on any atom is 0.295 e. The monoisotopic (exact) mass is 481 g/mol. The Bertz CT molecular complexity index is 1150. The van der Waals surface area contributed by atoms with E-state index in [1.165, 1.54) is 18.1 Å². The number of carbonyl (C=O) groups excluding carboxylic acids is 2. The van der Waals surface area contributed by atoms with E-state index in [0.29, 0.717) is 23.4 Å². The van der Waals surface area contributed by atoms with Crippen LogP contribution in [-0.4, -0.2) is 47.6 Å². The Hall–Kier alpha value is -3.48. The molecule has 35 heavy (non-hydrogen) atoms. The van der Waals surface area contributed by atoms with Gasteiger partial charge in [0.25, 0.3) is 11.7 Å². The number of methoxy groups -OCH3 is 2. The smallest absolute Gasteiger partial charge is 0.295 e. The Morgan fingerprint density at radius 2 is 1.74 bits per heavy atom. The number of aliphatic hydroxyl groups excluding tert-OH is 1. The zero-order valence-electron chi connectivity index (χ0n) is 21.3. The second kappa shape index (κ2) is 10.8. The molecule has 3 rings (SSSR count). The van der Waals surface area contributed by atoms with Gasteiger partial charge in [0.2, 0.25) is 0 Å². The molecule has 0 bridgehead atoms. The molecule has 1 fully saturated rings. The average molecular weight is 482 g/mol. The van der Waals surface area contributed by atoms with Gasteiger partial charge in [-0.2, -0.15) is 0 Å². The van der Waals surface area contributed by atoms with Gasteiger partial charge in [-0.25, -0.2) is 0 Å². The van der Waals surface area contributed by atoms with Gasteiger partial charge in [-0.05, 0) is 60.2 Å². The molecule has 2 aromatic carbocycles. The van der Waals surface area contributed by atoms with Gasteiger partial charge in [0.05, 0.1) is 25.8 Å². The number of aryl methyl sites for hydroxylation is 1. The van der Waals surface area contributed by atoms with Crippen molar-refractivity contribution in [3.63, 3.8) is 0 Å². The highest BCUT2D eigenvalue weighted by Crippen LogP contribution is 2.43. The number of amides is 1. The summed E-state index contributed by atoms with van der Waals surface area (Å²) in [5.74, 6) is -0.632. The third-order valence-electron chi connectivity index (χ3n) is 6.52. The van der Waals surface area contributed by atoms with Crippen molar-refractivity contribution in [2.75, 3.05) is 20.8 Å².